The molecule has 0 heterocycles. The highest BCUT2D eigenvalue weighted by Crippen LogP contribution is 2.35. The highest BCUT2D eigenvalue weighted by Gasteiger charge is 2.38. The van der Waals surface area contributed by atoms with Gasteiger partial charge in [0.25, 0.3) is 5.69 Å². The summed E-state index contributed by atoms with van der Waals surface area (Å²) < 4.78 is 27.0. The minimum absolute atomic E-state index is 0.0194. The summed E-state index contributed by atoms with van der Waals surface area (Å²) in [6.45, 7) is 3.93. The lowest BCUT2D eigenvalue weighted by Crippen LogP contribution is -2.34. The molecule has 1 fully saturated rings. The van der Waals surface area contributed by atoms with Gasteiger partial charge in [-0.05, 0) is 37.8 Å². The van der Waals surface area contributed by atoms with Gasteiger partial charge in [-0.15, -0.1) is 0 Å². The molecule has 1 aromatic rings. The quantitative estimate of drug-likeness (QED) is 0.491. The van der Waals surface area contributed by atoms with Crippen LogP contribution in [0.3, 0.4) is 0 Å². The second-order valence-corrected chi connectivity index (χ2v) is 7.14. The molecule has 0 spiro atoms. The second-order valence-electron chi connectivity index (χ2n) is 5.28. The molecule has 2 N–H and O–H groups in total. The van der Waals surface area contributed by atoms with Gasteiger partial charge in [0.2, 0.25) is 10.0 Å². The molecule has 1 aliphatic carbocycles. The van der Waals surface area contributed by atoms with Gasteiger partial charge in [0, 0.05) is 18.7 Å². The number of hydrogen-bond donors (Lipinski definition) is 1. The van der Waals surface area contributed by atoms with Crippen LogP contribution in [-0.4, -0.2) is 30.2 Å². The molecule has 0 unspecified atom stereocenters. The highest BCUT2D eigenvalue weighted by atomic mass is 32.2. The van der Waals surface area contributed by atoms with E-state index in [1.807, 2.05) is 6.92 Å². The first kappa shape index (κ1) is 15.7. The molecule has 21 heavy (non-hydrogen) atoms. The van der Waals surface area contributed by atoms with E-state index < -0.39 is 14.9 Å². The number of nitrogens with two attached hydrogens (primary N) is 1. The maximum atomic E-state index is 12.8. The normalized spacial score (nSPS) is 15.4. The van der Waals surface area contributed by atoms with E-state index in [4.69, 9.17) is 5.73 Å². The fourth-order valence-corrected chi connectivity index (χ4v) is 4.35. The number of nitrogens with zero attached hydrogens (tertiary/aromatic N) is 2. The maximum absolute atomic E-state index is 12.8. The van der Waals surface area contributed by atoms with Crippen LogP contribution in [0.25, 0.3) is 0 Å². The molecule has 1 saturated carbocycles. The summed E-state index contributed by atoms with van der Waals surface area (Å²) in [7, 11) is -3.73. The first-order valence-electron chi connectivity index (χ1n) is 6.85. The van der Waals surface area contributed by atoms with Gasteiger partial charge in [-0.25, -0.2) is 8.42 Å². The third-order valence-corrected chi connectivity index (χ3v) is 5.60. The molecule has 2 rings (SSSR count). The lowest BCUT2D eigenvalue weighted by Gasteiger charge is -2.22. The minimum Gasteiger partial charge on any atom is -0.393 e. The van der Waals surface area contributed by atoms with E-state index in [9.17, 15) is 18.5 Å². The number of sulfonamides is 1. The molecule has 0 aliphatic heterocycles. The number of hydrogen-bond acceptors (Lipinski definition) is 5. The van der Waals surface area contributed by atoms with Gasteiger partial charge in [0.05, 0.1) is 9.82 Å². The Kier molecular flexibility index (Phi) is 4.20. The smallest absolute Gasteiger partial charge is 0.293 e. The average molecular weight is 313 g/mol. The van der Waals surface area contributed by atoms with Crippen molar-refractivity contribution >= 4 is 21.4 Å². The Labute approximate surface area is 123 Å². The van der Waals surface area contributed by atoms with E-state index in [0.717, 1.165) is 18.9 Å². The number of nitro benzene ring substituents is 1. The maximum Gasteiger partial charge on any atom is 0.293 e. The third kappa shape index (κ3) is 3.01. The van der Waals surface area contributed by atoms with Crippen molar-refractivity contribution in [2.45, 2.75) is 44.0 Å². The Hall–Kier alpha value is -1.67. The van der Waals surface area contributed by atoms with E-state index in [2.05, 4.69) is 0 Å². The molecule has 1 aliphatic rings. The fourth-order valence-electron chi connectivity index (χ4n) is 2.34. The molecule has 0 amide bonds. The Morgan fingerprint density at radius 1 is 1.43 bits per heavy atom. The number of nitrogen functional groups attached to an aromatic ring is 1. The van der Waals surface area contributed by atoms with Crippen molar-refractivity contribution in [2.24, 2.45) is 0 Å². The number of rotatable bonds is 6. The van der Waals surface area contributed by atoms with Crippen molar-refractivity contribution in [3.63, 3.8) is 0 Å². The molecular weight excluding hydrogens is 294 g/mol. The Morgan fingerprint density at radius 2 is 2.05 bits per heavy atom. The van der Waals surface area contributed by atoms with Crippen molar-refractivity contribution in [1.29, 1.82) is 0 Å². The zero-order valence-corrected chi connectivity index (χ0v) is 12.9. The number of aryl methyl sites for hydroxylation is 1. The van der Waals surface area contributed by atoms with E-state index in [1.54, 1.807) is 6.92 Å². The molecule has 0 aromatic heterocycles. The molecule has 116 valence electrons. The van der Waals surface area contributed by atoms with Crippen LogP contribution in [0.4, 0.5) is 11.4 Å². The van der Waals surface area contributed by atoms with E-state index in [-0.39, 0.29) is 22.3 Å². The Balaban J connectivity index is 2.53. The average Bonchev–Trinajstić information content (AvgIpc) is 3.18. The summed E-state index contributed by atoms with van der Waals surface area (Å²) in [5.41, 5.74) is 5.63. The summed E-state index contributed by atoms with van der Waals surface area (Å²) in [5.74, 6) is 0. The van der Waals surface area contributed by atoms with Crippen LogP contribution >= 0.6 is 0 Å². The molecule has 0 atom stereocenters. The van der Waals surface area contributed by atoms with E-state index in [0.29, 0.717) is 18.5 Å². The number of nitro groups is 1. The van der Waals surface area contributed by atoms with Crippen LogP contribution in [-0.2, 0) is 10.0 Å². The predicted molar refractivity (Wildman–Crippen MR) is 79.5 cm³/mol. The topological polar surface area (TPSA) is 107 Å². The summed E-state index contributed by atoms with van der Waals surface area (Å²) in [6.07, 6.45) is 2.39. The molecule has 0 bridgehead atoms. The summed E-state index contributed by atoms with van der Waals surface area (Å²) in [6, 6.07) is 2.44. The second kappa shape index (κ2) is 5.61. The lowest BCUT2D eigenvalue weighted by molar-refractivity contribution is -0.384. The zero-order chi connectivity index (χ0) is 15.8. The minimum atomic E-state index is -3.73. The highest BCUT2D eigenvalue weighted by molar-refractivity contribution is 7.89. The summed E-state index contributed by atoms with van der Waals surface area (Å²) in [4.78, 5) is 10.3. The van der Waals surface area contributed by atoms with E-state index in [1.165, 1.54) is 10.4 Å². The van der Waals surface area contributed by atoms with Crippen LogP contribution in [0.15, 0.2) is 17.0 Å². The summed E-state index contributed by atoms with van der Waals surface area (Å²) in [5, 5.41) is 11.0. The van der Waals surface area contributed by atoms with Crippen molar-refractivity contribution in [1.82, 2.24) is 4.31 Å². The van der Waals surface area contributed by atoms with Crippen LogP contribution in [0, 0.1) is 17.0 Å². The first-order chi connectivity index (χ1) is 9.78. The Bertz CT molecular complexity index is 668. The van der Waals surface area contributed by atoms with Crippen LogP contribution in [0.5, 0.6) is 0 Å². The van der Waals surface area contributed by atoms with Crippen molar-refractivity contribution < 1.29 is 13.3 Å². The molecular formula is C13H19N3O4S. The molecule has 8 heteroatoms. The SMILES string of the molecule is CCCN(C1CC1)S(=O)(=O)c1cc([N+](=O)[O-])c(N)cc1C. The molecule has 7 nitrogen and oxygen atoms in total. The zero-order valence-electron chi connectivity index (χ0n) is 12.1. The number of anilines is 1. The first-order valence-corrected chi connectivity index (χ1v) is 8.29. The number of benzene rings is 1. The molecule has 0 radical (unpaired) electrons. The lowest BCUT2D eigenvalue weighted by atomic mass is 10.2. The van der Waals surface area contributed by atoms with Gasteiger partial charge in [0.1, 0.15) is 5.69 Å². The Morgan fingerprint density at radius 3 is 2.52 bits per heavy atom. The summed E-state index contributed by atoms with van der Waals surface area (Å²) >= 11 is 0. The van der Waals surface area contributed by atoms with Crippen LogP contribution in [0.1, 0.15) is 31.7 Å². The third-order valence-electron chi connectivity index (χ3n) is 3.51. The van der Waals surface area contributed by atoms with Gasteiger partial charge < -0.3 is 5.73 Å². The van der Waals surface area contributed by atoms with Gasteiger partial charge in [0.15, 0.2) is 0 Å². The van der Waals surface area contributed by atoms with Crippen molar-refractivity contribution in [2.75, 3.05) is 12.3 Å². The van der Waals surface area contributed by atoms with Crippen LogP contribution in [0.2, 0.25) is 0 Å². The largest absolute Gasteiger partial charge is 0.393 e. The van der Waals surface area contributed by atoms with Crippen LogP contribution < -0.4 is 5.73 Å². The van der Waals surface area contributed by atoms with Crippen molar-refractivity contribution in [3.8, 4) is 0 Å². The molecule has 1 aromatic carbocycles. The van der Waals surface area contributed by atoms with Gasteiger partial charge in [-0.3, -0.25) is 10.1 Å². The van der Waals surface area contributed by atoms with Crippen molar-refractivity contribution in [3.05, 3.63) is 27.8 Å². The monoisotopic (exact) mass is 313 g/mol. The van der Waals surface area contributed by atoms with Gasteiger partial charge in [-0.2, -0.15) is 4.31 Å². The molecule has 0 saturated heterocycles. The van der Waals surface area contributed by atoms with Gasteiger partial charge in [-0.1, -0.05) is 6.92 Å². The standard InChI is InChI=1S/C13H19N3O4S/c1-3-6-15(10-4-5-10)21(19,20)13-8-12(16(17)18)11(14)7-9(13)2/h7-8,10H,3-6,14H2,1-2H3. The van der Waals surface area contributed by atoms with E-state index >= 15 is 0 Å². The predicted octanol–water partition coefficient (Wildman–Crippen LogP) is 2.05. The van der Waals surface area contributed by atoms with Gasteiger partial charge >= 0.3 is 0 Å². The fraction of sp³-hybridized carbons (Fsp3) is 0.538.